The normalized spacial score (nSPS) is 32.4. The van der Waals surface area contributed by atoms with E-state index in [1.807, 2.05) is 30.3 Å². The largest absolute Gasteiger partial charge is 0.294 e. The van der Waals surface area contributed by atoms with Gasteiger partial charge in [0.25, 0.3) is 0 Å². The van der Waals surface area contributed by atoms with Crippen LogP contribution in [0.25, 0.3) is 0 Å². The highest BCUT2D eigenvalue weighted by Crippen LogP contribution is 2.65. The predicted molar refractivity (Wildman–Crippen MR) is 59.8 cm³/mol. The number of fused-ring (bicyclic) bond motifs is 1. The molecular formula is C14H16O. The van der Waals surface area contributed by atoms with Gasteiger partial charge >= 0.3 is 0 Å². The van der Waals surface area contributed by atoms with Crippen LogP contribution < -0.4 is 0 Å². The SMILES string of the molecule is O=C(C[C@@]12CCC[C@@H]1C2)c1ccccc1. The van der Waals surface area contributed by atoms with Gasteiger partial charge in [0, 0.05) is 12.0 Å². The van der Waals surface area contributed by atoms with E-state index in [0.29, 0.717) is 11.2 Å². The lowest BCUT2D eigenvalue weighted by Crippen LogP contribution is -2.08. The van der Waals surface area contributed by atoms with E-state index < -0.39 is 0 Å². The molecule has 0 spiro atoms. The summed E-state index contributed by atoms with van der Waals surface area (Å²) >= 11 is 0. The van der Waals surface area contributed by atoms with Crippen LogP contribution in [0.1, 0.15) is 42.5 Å². The zero-order valence-corrected chi connectivity index (χ0v) is 8.91. The number of rotatable bonds is 3. The van der Waals surface area contributed by atoms with Crippen molar-refractivity contribution in [3.8, 4) is 0 Å². The van der Waals surface area contributed by atoms with Crippen LogP contribution in [0.2, 0.25) is 0 Å². The molecule has 0 saturated heterocycles. The summed E-state index contributed by atoms with van der Waals surface area (Å²) in [5.41, 5.74) is 1.33. The van der Waals surface area contributed by atoms with Crippen LogP contribution in [0.3, 0.4) is 0 Å². The Morgan fingerprint density at radius 1 is 1.33 bits per heavy atom. The number of ketones is 1. The highest BCUT2D eigenvalue weighted by molar-refractivity contribution is 5.96. The monoisotopic (exact) mass is 200 g/mol. The molecule has 1 nitrogen and oxygen atoms in total. The van der Waals surface area contributed by atoms with Crippen LogP contribution in [0.5, 0.6) is 0 Å². The zero-order chi connectivity index (χ0) is 10.3. The molecule has 1 aromatic carbocycles. The standard InChI is InChI=1S/C14H16O/c15-13(11-5-2-1-3-6-11)10-14-8-4-7-12(14)9-14/h1-3,5-6,12H,4,7-10H2/t12-,14+/m1/s1. The fourth-order valence-corrected chi connectivity index (χ4v) is 3.20. The highest BCUT2D eigenvalue weighted by atomic mass is 16.1. The number of Topliss-reactive ketones (excluding diaryl/α,β-unsaturated/α-hetero) is 1. The summed E-state index contributed by atoms with van der Waals surface area (Å²) in [6.45, 7) is 0. The zero-order valence-electron chi connectivity index (χ0n) is 8.91. The third-order valence-electron chi connectivity index (χ3n) is 4.19. The summed E-state index contributed by atoms with van der Waals surface area (Å²) in [6.07, 6.45) is 6.10. The molecule has 3 rings (SSSR count). The molecule has 1 aromatic rings. The topological polar surface area (TPSA) is 17.1 Å². The van der Waals surface area contributed by atoms with Crippen LogP contribution >= 0.6 is 0 Å². The first-order chi connectivity index (χ1) is 7.30. The minimum absolute atomic E-state index is 0.347. The summed E-state index contributed by atoms with van der Waals surface area (Å²) in [5, 5.41) is 0. The van der Waals surface area contributed by atoms with E-state index in [2.05, 4.69) is 0 Å². The minimum Gasteiger partial charge on any atom is -0.294 e. The number of hydrogen-bond acceptors (Lipinski definition) is 1. The van der Waals surface area contributed by atoms with Crippen molar-refractivity contribution in [2.45, 2.75) is 32.1 Å². The van der Waals surface area contributed by atoms with Gasteiger partial charge in [0.1, 0.15) is 0 Å². The van der Waals surface area contributed by atoms with E-state index in [1.165, 1.54) is 25.7 Å². The second-order valence-electron chi connectivity index (χ2n) is 5.12. The van der Waals surface area contributed by atoms with Crippen LogP contribution in [0, 0.1) is 11.3 Å². The molecule has 0 N–H and O–H groups in total. The Hall–Kier alpha value is -1.11. The lowest BCUT2D eigenvalue weighted by Gasteiger charge is -2.10. The van der Waals surface area contributed by atoms with Crippen molar-refractivity contribution in [1.29, 1.82) is 0 Å². The number of carbonyl (C=O) groups is 1. The molecule has 0 unspecified atom stereocenters. The summed E-state index contributed by atoms with van der Waals surface area (Å²) in [5.74, 6) is 1.23. The van der Waals surface area contributed by atoms with E-state index in [9.17, 15) is 4.79 Å². The molecule has 2 fully saturated rings. The maximum Gasteiger partial charge on any atom is 0.163 e. The first-order valence-corrected chi connectivity index (χ1v) is 5.88. The molecule has 1 heteroatoms. The molecule has 0 bridgehead atoms. The third kappa shape index (κ3) is 1.50. The summed E-state index contributed by atoms with van der Waals surface area (Å²) in [4.78, 5) is 12.0. The summed E-state index contributed by atoms with van der Waals surface area (Å²) in [6, 6.07) is 9.73. The molecule has 2 saturated carbocycles. The average Bonchev–Trinajstić information content (AvgIpc) is 2.81. The Morgan fingerprint density at radius 2 is 2.13 bits per heavy atom. The molecule has 0 aromatic heterocycles. The van der Waals surface area contributed by atoms with E-state index in [0.717, 1.165) is 17.9 Å². The molecule has 0 radical (unpaired) electrons. The van der Waals surface area contributed by atoms with Gasteiger partial charge in [-0.25, -0.2) is 0 Å². The van der Waals surface area contributed by atoms with Gasteiger partial charge in [0.15, 0.2) is 5.78 Å². The van der Waals surface area contributed by atoms with E-state index in [-0.39, 0.29) is 0 Å². The first-order valence-electron chi connectivity index (χ1n) is 5.88. The smallest absolute Gasteiger partial charge is 0.163 e. The van der Waals surface area contributed by atoms with Gasteiger partial charge in [-0.05, 0) is 30.6 Å². The average molecular weight is 200 g/mol. The van der Waals surface area contributed by atoms with Crippen LogP contribution in [-0.4, -0.2) is 5.78 Å². The molecule has 2 aliphatic rings. The molecule has 0 aliphatic heterocycles. The van der Waals surface area contributed by atoms with Gasteiger partial charge in [-0.3, -0.25) is 4.79 Å². The van der Waals surface area contributed by atoms with Gasteiger partial charge in [-0.15, -0.1) is 0 Å². The van der Waals surface area contributed by atoms with Crippen molar-refractivity contribution < 1.29 is 4.79 Å². The van der Waals surface area contributed by atoms with Gasteiger partial charge in [0.2, 0.25) is 0 Å². The molecule has 2 atom stereocenters. The molecule has 2 aliphatic carbocycles. The minimum atomic E-state index is 0.347. The van der Waals surface area contributed by atoms with Gasteiger partial charge < -0.3 is 0 Å². The highest BCUT2D eigenvalue weighted by Gasteiger charge is 2.57. The van der Waals surface area contributed by atoms with Crippen molar-refractivity contribution in [3.63, 3.8) is 0 Å². The van der Waals surface area contributed by atoms with Crippen molar-refractivity contribution in [2.24, 2.45) is 11.3 Å². The number of carbonyl (C=O) groups excluding carboxylic acids is 1. The Kier molecular flexibility index (Phi) is 1.95. The molecule has 15 heavy (non-hydrogen) atoms. The summed E-state index contributed by atoms with van der Waals surface area (Å²) in [7, 11) is 0. The molecule has 0 heterocycles. The van der Waals surface area contributed by atoms with Gasteiger partial charge in [0.05, 0.1) is 0 Å². The van der Waals surface area contributed by atoms with Crippen molar-refractivity contribution in [1.82, 2.24) is 0 Å². The predicted octanol–water partition coefficient (Wildman–Crippen LogP) is 3.45. The summed E-state index contributed by atoms with van der Waals surface area (Å²) < 4.78 is 0. The second-order valence-corrected chi connectivity index (χ2v) is 5.12. The molecule has 78 valence electrons. The molecule has 0 amide bonds. The lowest BCUT2D eigenvalue weighted by molar-refractivity contribution is 0.0952. The van der Waals surface area contributed by atoms with Crippen molar-refractivity contribution in [3.05, 3.63) is 35.9 Å². The van der Waals surface area contributed by atoms with Crippen molar-refractivity contribution in [2.75, 3.05) is 0 Å². The Morgan fingerprint density at radius 3 is 2.73 bits per heavy atom. The number of benzene rings is 1. The van der Waals surface area contributed by atoms with Crippen molar-refractivity contribution >= 4 is 5.78 Å². The van der Waals surface area contributed by atoms with Gasteiger partial charge in [-0.1, -0.05) is 36.8 Å². The van der Waals surface area contributed by atoms with Gasteiger partial charge in [-0.2, -0.15) is 0 Å². The Balaban J connectivity index is 1.72. The Bertz CT molecular complexity index is 382. The third-order valence-corrected chi connectivity index (χ3v) is 4.19. The number of hydrogen-bond donors (Lipinski definition) is 0. The van der Waals surface area contributed by atoms with E-state index >= 15 is 0 Å². The van der Waals surface area contributed by atoms with Crippen LogP contribution in [-0.2, 0) is 0 Å². The molecular weight excluding hydrogens is 184 g/mol. The maximum absolute atomic E-state index is 12.0. The fourth-order valence-electron chi connectivity index (χ4n) is 3.20. The van der Waals surface area contributed by atoms with Crippen LogP contribution in [0.15, 0.2) is 30.3 Å². The second kappa shape index (κ2) is 3.19. The fraction of sp³-hybridized carbons (Fsp3) is 0.500. The lowest BCUT2D eigenvalue weighted by atomic mass is 9.93. The first kappa shape index (κ1) is 9.14. The quantitative estimate of drug-likeness (QED) is 0.683. The van der Waals surface area contributed by atoms with E-state index in [1.54, 1.807) is 0 Å². The maximum atomic E-state index is 12.0. The van der Waals surface area contributed by atoms with Crippen LogP contribution in [0.4, 0.5) is 0 Å². The van der Waals surface area contributed by atoms with E-state index in [4.69, 9.17) is 0 Å². The Labute approximate surface area is 90.5 Å².